The maximum Gasteiger partial charge on any atom is 0.257 e. The van der Waals surface area contributed by atoms with Crippen LogP contribution in [0.4, 0.5) is 5.82 Å². The van der Waals surface area contributed by atoms with Crippen LogP contribution in [-0.4, -0.2) is 30.5 Å². The van der Waals surface area contributed by atoms with E-state index in [4.69, 9.17) is 0 Å². The average molecular weight is 388 g/mol. The molecule has 3 aromatic heterocycles. The molecule has 1 amide bonds. The van der Waals surface area contributed by atoms with Gasteiger partial charge in [0.2, 0.25) is 0 Å². The van der Waals surface area contributed by atoms with Crippen molar-refractivity contribution in [2.24, 2.45) is 0 Å². The molecule has 0 radical (unpaired) electrons. The number of hydrogen-bond acceptors (Lipinski definition) is 4. The highest BCUT2D eigenvalue weighted by molar-refractivity contribution is 6.12. The van der Waals surface area contributed by atoms with Crippen LogP contribution < -0.4 is 5.32 Å². The first-order valence-corrected chi connectivity index (χ1v) is 9.70. The smallest absolute Gasteiger partial charge is 0.257 e. The molecule has 1 aromatic carbocycles. The molecule has 148 valence electrons. The van der Waals surface area contributed by atoms with Gasteiger partial charge >= 0.3 is 0 Å². The van der Waals surface area contributed by atoms with E-state index in [0.717, 1.165) is 34.6 Å². The second-order valence-corrected chi connectivity index (χ2v) is 7.18. The predicted octanol–water partition coefficient (Wildman–Crippen LogP) is 3.87. The maximum atomic E-state index is 13.1. The van der Waals surface area contributed by atoms with Gasteiger partial charge in [-0.25, -0.2) is 9.67 Å². The summed E-state index contributed by atoms with van der Waals surface area (Å²) in [7, 11) is 0. The minimum absolute atomic E-state index is 0.205. The molecule has 0 aliphatic rings. The van der Waals surface area contributed by atoms with E-state index in [2.05, 4.69) is 32.6 Å². The first-order valence-electron chi connectivity index (χ1n) is 9.70. The molecule has 3 heterocycles. The Morgan fingerprint density at radius 3 is 2.48 bits per heavy atom. The lowest BCUT2D eigenvalue weighted by Crippen LogP contribution is -2.14. The number of aryl methyl sites for hydroxylation is 4. The molecule has 0 aliphatic heterocycles. The molecule has 0 unspecified atom stereocenters. The van der Waals surface area contributed by atoms with Gasteiger partial charge in [-0.15, -0.1) is 0 Å². The monoisotopic (exact) mass is 388 g/mol. The van der Waals surface area contributed by atoms with Gasteiger partial charge in [-0.3, -0.25) is 9.48 Å². The van der Waals surface area contributed by atoms with E-state index >= 15 is 0 Å². The first-order chi connectivity index (χ1) is 14.0. The fourth-order valence-electron chi connectivity index (χ4n) is 3.60. The lowest BCUT2D eigenvalue weighted by molar-refractivity contribution is 0.102. The van der Waals surface area contributed by atoms with Crippen LogP contribution in [0.15, 0.2) is 42.5 Å². The molecule has 0 saturated heterocycles. The summed E-state index contributed by atoms with van der Waals surface area (Å²) in [5.41, 5.74) is 4.97. The van der Waals surface area contributed by atoms with Crippen LogP contribution in [0.2, 0.25) is 0 Å². The molecule has 7 heteroatoms. The van der Waals surface area contributed by atoms with Crippen LogP contribution >= 0.6 is 0 Å². The lowest BCUT2D eigenvalue weighted by Gasteiger charge is -2.07. The zero-order valence-corrected chi connectivity index (χ0v) is 17.1. The van der Waals surface area contributed by atoms with Crippen molar-refractivity contribution in [3.8, 4) is 0 Å². The van der Waals surface area contributed by atoms with Crippen molar-refractivity contribution >= 4 is 22.8 Å². The number of carbonyl (C=O) groups is 1. The Hall–Kier alpha value is -3.48. The number of aromatic nitrogens is 5. The van der Waals surface area contributed by atoms with Crippen molar-refractivity contribution in [2.75, 3.05) is 5.32 Å². The SMILES string of the molecule is CCn1nc(NC(=O)c2cc(C)nc3c2c(C)nn3Cc2ccccc2)cc1C. The van der Waals surface area contributed by atoms with Crippen LogP contribution in [0.5, 0.6) is 0 Å². The number of pyridine rings is 1. The number of fused-ring (bicyclic) bond motifs is 1. The zero-order chi connectivity index (χ0) is 20.5. The van der Waals surface area contributed by atoms with Crippen LogP contribution in [0.1, 0.15) is 39.9 Å². The third-order valence-corrected chi connectivity index (χ3v) is 4.95. The molecule has 0 spiro atoms. The number of hydrogen-bond donors (Lipinski definition) is 1. The predicted molar refractivity (Wildman–Crippen MR) is 113 cm³/mol. The first kappa shape index (κ1) is 18.9. The van der Waals surface area contributed by atoms with Gasteiger partial charge in [-0.2, -0.15) is 10.2 Å². The number of nitrogens with one attached hydrogen (secondary N) is 1. The van der Waals surface area contributed by atoms with E-state index in [9.17, 15) is 4.79 Å². The zero-order valence-electron chi connectivity index (χ0n) is 17.1. The van der Waals surface area contributed by atoms with Crippen LogP contribution in [0.25, 0.3) is 11.0 Å². The molecule has 29 heavy (non-hydrogen) atoms. The molecule has 0 saturated carbocycles. The molecular formula is C22H24N6O. The molecule has 4 rings (SSSR count). The van der Waals surface area contributed by atoms with Crippen molar-refractivity contribution < 1.29 is 4.79 Å². The van der Waals surface area contributed by atoms with E-state index in [1.165, 1.54) is 0 Å². The highest BCUT2D eigenvalue weighted by Gasteiger charge is 2.20. The second-order valence-electron chi connectivity index (χ2n) is 7.18. The van der Waals surface area contributed by atoms with E-state index in [0.29, 0.717) is 23.6 Å². The number of amides is 1. The van der Waals surface area contributed by atoms with Crippen molar-refractivity contribution in [3.63, 3.8) is 0 Å². The molecular weight excluding hydrogens is 364 g/mol. The quantitative estimate of drug-likeness (QED) is 0.563. The van der Waals surface area contributed by atoms with Gasteiger partial charge in [0.1, 0.15) is 0 Å². The summed E-state index contributed by atoms with van der Waals surface area (Å²) in [5.74, 6) is 0.343. The molecule has 1 N–H and O–H groups in total. The maximum absolute atomic E-state index is 13.1. The van der Waals surface area contributed by atoms with Crippen molar-refractivity contribution in [1.82, 2.24) is 24.5 Å². The number of benzene rings is 1. The summed E-state index contributed by atoms with van der Waals surface area (Å²) in [5, 5.41) is 12.8. The average Bonchev–Trinajstić information content (AvgIpc) is 3.21. The van der Waals surface area contributed by atoms with Gasteiger partial charge in [0.05, 0.1) is 23.2 Å². The van der Waals surface area contributed by atoms with Crippen molar-refractivity contribution in [3.05, 3.63) is 70.7 Å². The van der Waals surface area contributed by atoms with E-state index < -0.39 is 0 Å². The normalized spacial score (nSPS) is 11.2. The van der Waals surface area contributed by atoms with Gasteiger partial charge in [0.15, 0.2) is 11.5 Å². The molecule has 0 aliphatic carbocycles. The van der Waals surface area contributed by atoms with E-state index in [-0.39, 0.29) is 5.91 Å². The van der Waals surface area contributed by atoms with Crippen LogP contribution in [-0.2, 0) is 13.1 Å². The fraction of sp³-hybridized carbons (Fsp3) is 0.273. The third kappa shape index (κ3) is 3.63. The fourth-order valence-corrected chi connectivity index (χ4v) is 3.60. The van der Waals surface area contributed by atoms with Gasteiger partial charge < -0.3 is 5.32 Å². The summed E-state index contributed by atoms with van der Waals surface area (Å²) in [6.07, 6.45) is 0. The standard InChI is InChI=1S/C22H24N6O/c1-5-27-15(3)12-19(26-27)24-22(29)18-11-14(2)23-21-20(18)16(4)25-28(21)13-17-9-7-6-8-10-17/h6-12H,5,13H2,1-4H3,(H,24,26,29). The summed E-state index contributed by atoms with van der Waals surface area (Å²) >= 11 is 0. The Balaban J connectivity index is 1.73. The van der Waals surface area contributed by atoms with Crippen LogP contribution in [0.3, 0.4) is 0 Å². The molecule has 7 nitrogen and oxygen atoms in total. The Kier molecular flexibility index (Phi) is 4.88. The van der Waals surface area contributed by atoms with Crippen LogP contribution in [0, 0.1) is 20.8 Å². The molecule has 4 aromatic rings. The molecule has 0 fully saturated rings. The summed E-state index contributed by atoms with van der Waals surface area (Å²) in [6.45, 7) is 9.15. The van der Waals surface area contributed by atoms with Crippen molar-refractivity contribution in [2.45, 2.75) is 40.8 Å². The Morgan fingerprint density at radius 2 is 1.79 bits per heavy atom. The highest BCUT2D eigenvalue weighted by Crippen LogP contribution is 2.24. The van der Waals surface area contributed by atoms with E-state index in [1.807, 2.05) is 67.4 Å². The topological polar surface area (TPSA) is 77.6 Å². The minimum atomic E-state index is -0.205. The van der Waals surface area contributed by atoms with E-state index in [1.54, 1.807) is 0 Å². The number of anilines is 1. The van der Waals surface area contributed by atoms with Gasteiger partial charge in [0.25, 0.3) is 5.91 Å². The van der Waals surface area contributed by atoms with Crippen molar-refractivity contribution in [1.29, 1.82) is 0 Å². The minimum Gasteiger partial charge on any atom is -0.305 e. The summed E-state index contributed by atoms with van der Waals surface area (Å²) in [4.78, 5) is 17.8. The molecule has 0 atom stereocenters. The second kappa shape index (κ2) is 7.50. The highest BCUT2D eigenvalue weighted by atomic mass is 16.1. The number of carbonyl (C=O) groups excluding carboxylic acids is 1. The summed E-state index contributed by atoms with van der Waals surface area (Å²) < 4.78 is 3.71. The Morgan fingerprint density at radius 1 is 1.03 bits per heavy atom. The third-order valence-electron chi connectivity index (χ3n) is 4.95. The summed E-state index contributed by atoms with van der Waals surface area (Å²) in [6, 6.07) is 13.8. The Labute approximate surface area is 169 Å². The van der Waals surface area contributed by atoms with Gasteiger partial charge in [0, 0.05) is 24.0 Å². The van der Waals surface area contributed by atoms with Gasteiger partial charge in [-0.05, 0) is 39.3 Å². The van der Waals surface area contributed by atoms with Gasteiger partial charge in [-0.1, -0.05) is 30.3 Å². The molecule has 0 bridgehead atoms. The largest absolute Gasteiger partial charge is 0.305 e. The number of nitrogens with zero attached hydrogens (tertiary/aromatic N) is 5. The Bertz CT molecular complexity index is 1190. The lowest BCUT2D eigenvalue weighted by atomic mass is 10.1. The number of rotatable bonds is 5.